The number of piperazine rings is 1. The Balaban J connectivity index is 1.75. The van der Waals surface area contributed by atoms with Crippen molar-refractivity contribution in [2.75, 3.05) is 60.5 Å². The van der Waals surface area contributed by atoms with Gasteiger partial charge in [-0.3, -0.25) is 4.79 Å². The Bertz CT molecular complexity index is 575. The summed E-state index contributed by atoms with van der Waals surface area (Å²) >= 11 is 2.15. The van der Waals surface area contributed by atoms with Gasteiger partial charge in [-0.25, -0.2) is 0 Å². The molecule has 6 nitrogen and oxygen atoms in total. The lowest BCUT2D eigenvalue weighted by molar-refractivity contribution is 0.0950. The molecule has 1 amide bonds. The fourth-order valence-electron chi connectivity index (χ4n) is 2.86. The first-order valence-electron chi connectivity index (χ1n) is 8.65. The molecule has 0 atom stereocenters. The number of likely N-dealkylation sites (N-methyl/N-ethyl adjacent to an activating group) is 1. The van der Waals surface area contributed by atoms with E-state index in [9.17, 15) is 4.79 Å². The zero-order chi connectivity index (χ0) is 18.2. The first kappa shape index (κ1) is 20.3. The standard InChI is InChI=1S/C18H28IN3O3/c1-21-8-10-22(11-9-21)7-5-4-6-20-18(23)14-12-16(24-2)17(25-3)13-15(14)19/h12-13H,4-11H2,1-3H3,(H,20,23). The van der Waals surface area contributed by atoms with E-state index in [0.717, 1.165) is 49.1 Å². The lowest BCUT2D eigenvalue weighted by Gasteiger charge is -2.32. The van der Waals surface area contributed by atoms with Gasteiger partial charge in [0, 0.05) is 36.3 Å². The molecule has 1 fully saturated rings. The molecular weight excluding hydrogens is 433 g/mol. The van der Waals surface area contributed by atoms with Crippen molar-refractivity contribution in [1.82, 2.24) is 15.1 Å². The van der Waals surface area contributed by atoms with E-state index >= 15 is 0 Å². The number of hydrogen-bond acceptors (Lipinski definition) is 5. The Hall–Kier alpha value is -1.06. The molecule has 1 aromatic carbocycles. The SMILES string of the molecule is COc1cc(I)c(C(=O)NCCCCN2CCN(C)CC2)cc1OC. The summed E-state index contributed by atoms with van der Waals surface area (Å²) in [6, 6.07) is 3.56. The first-order chi connectivity index (χ1) is 12.0. The lowest BCUT2D eigenvalue weighted by Crippen LogP contribution is -2.44. The zero-order valence-electron chi connectivity index (χ0n) is 15.3. The van der Waals surface area contributed by atoms with Gasteiger partial charge >= 0.3 is 0 Å². The first-order valence-corrected chi connectivity index (χ1v) is 9.73. The van der Waals surface area contributed by atoms with Gasteiger partial charge in [0.15, 0.2) is 11.5 Å². The molecule has 1 aliphatic rings. The molecule has 1 N–H and O–H groups in total. The summed E-state index contributed by atoms with van der Waals surface area (Å²) in [7, 11) is 5.33. The van der Waals surface area contributed by atoms with Crippen LogP contribution in [-0.4, -0.2) is 76.2 Å². The van der Waals surface area contributed by atoms with Crippen molar-refractivity contribution < 1.29 is 14.3 Å². The second-order valence-electron chi connectivity index (χ2n) is 6.29. The fraction of sp³-hybridized carbons (Fsp3) is 0.611. The molecule has 1 aliphatic heterocycles. The molecule has 0 spiro atoms. The molecule has 0 bridgehead atoms. The predicted molar refractivity (Wildman–Crippen MR) is 108 cm³/mol. The molecule has 0 unspecified atom stereocenters. The van der Waals surface area contributed by atoms with E-state index in [4.69, 9.17) is 9.47 Å². The van der Waals surface area contributed by atoms with E-state index in [1.54, 1.807) is 20.3 Å². The van der Waals surface area contributed by atoms with Gasteiger partial charge in [-0.1, -0.05) is 0 Å². The second-order valence-corrected chi connectivity index (χ2v) is 7.46. The van der Waals surface area contributed by atoms with Crippen LogP contribution in [0, 0.1) is 3.57 Å². The van der Waals surface area contributed by atoms with Crippen LogP contribution in [0.3, 0.4) is 0 Å². The lowest BCUT2D eigenvalue weighted by atomic mass is 10.2. The summed E-state index contributed by atoms with van der Waals surface area (Å²) in [6.07, 6.45) is 2.09. The molecule has 2 rings (SSSR count). The number of nitrogens with zero attached hydrogens (tertiary/aromatic N) is 2. The van der Waals surface area contributed by atoms with Gasteiger partial charge in [0.05, 0.1) is 19.8 Å². The normalized spacial score (nSPS) is 15.8. The summed E-state index contributed by atoms with van der Waals surface area (Å²) in [6.45, 7) is 6.39. The molecule has 0 aromatic heterocycles. The topological polar surface area (TPSA) is 54.0 Å². The molecule has 1 aromatic rings. The quantitative estimate of drug-likeness (QED) is 0.475. The van der Waals surface area contributed by atoms with Gasteiger partial charge in [-0.2, -0.15) is 0 Å². The number of ether oxygens (including phenoxy) is 2. The number of benzene rings is 1. The Labute approximate surface area is 164 Å². The van der Waals surface area contributed by atoms with Crippen LogP contribution in [-0.2, 0) is 0 Å². The summed E-state index contributed by atoms with van der Waals surface area (Å²) in [4.78, 5) is 17.3. The van der Waals surface area contributed by atoms with Crippen LogP contribution in [0.25, 0.3) is 0 Å². The number of hydrogen-bond donors (Lipinski definition) is 1. The molecule has 1 saturated heterocycles. The maximum absolute atomic E-state index is 12.4. The van der Waals surface area contributed by atoms with E-state index in [1.165, 1.54) is 0 Å². The van der Waals surface area contributed by atoms with Crippen molar-refractivity contribution in [3.63, 3.8) is 0 Å². The monoisotopic (exact) mass is 461 g/mol. The van der Waals surface area contributed by atoms with Crippen LogP contribution in [0.15, 0.2) is 12.1 Å². The van der Waals surface area contributed by atoms with Crippen molar-refractivity contribution in [3.05, 3.63) is 21.3 Å². The highest BCUT2D eigenvalue weighted by atomic mass is 127. The fourth-order valence-corrected chi connectivity index (χ4v) is 3.54. The van der Waals surface area contributed by atoms with Gasteiger partial charge < -0.3 is 24.6 Å². The smallest absolute Gasteiger partial charge is 0.252 e. The highest BCUT2D eigenvalue weighted by molar-refractivity contribution is 14.1. The Morgan fingerprint density at radius 3 is 2.40 bits per heavy atom. The molecule has 0 saturated carbocycles. The highest BCUT2D eigenvalue weighted by Crippen LogP contribution is 2.31. The summed E-state index contributed by atoms with van der Waals surface area (Å²) < 4.78 is 11.4. The summed E-state index contributed by atoms with van der Waals surface area (Å²) in [5, 5.41) is 3.01. The number of unbranched alkanes of at least 4 members (excludes halogenated alkanes) is 1. The third-order valence-corrected chi connectivity index (χ3v) is 5.39. The van der Waals surface area contributed by atoms with Crippen LogP contribution >= 0.6 is 22.6 Å². The maximum atomic E-state index is 12.4. The molecule has 1 heterocycles. The minimum Gasteiger partial charge on any atom is -0.493 e. The minimum absolute atomic E-state index is 0.0649. The average Bonchev–Trinajstić information content (AvgIpc) is 2.62. The molecule has 140 valence electrons. The van der Waals surface area contributed by atoms with Crippen LogP contribution in [0.4, 0.5) is 0 Å². The number of carbonyl (C=O) groups excluding carboxylic acids is 1. The number of methoxy groups -OCH3 is 2. The van der Waals surface area contributed by atoms with E-state index in [-0.39, 0.29) is 5.91 Å². The zero-order valence-corrected chi connectivity index (χ0v) is 17.5. The Morgan fingerprint density at radius 2 is 1.76 bits per heavy atom. The van der Waals surface area contributed by atoms with E-state index in [2.05, 4.69) is 44.8 Å². The molecule has 25 heavy (non-hydrogen) atoms. The molecule has 0 radical (unpaired) electrons. The number of rotatable bonds is 8. The number of amides is 1. The number of carbonyl (C=O) groups is 1. The van der Waals surface area contributed by atoms with Crippen molar-refractivity contribution in [2.45, 2.75) is 12.8 Å². The van der Waals surface area contributed by atoms with Crippen LogP contribution in [0.2, 0.25) is 0 Å². The van der Waals surface area contributed by atoms with Crippen LogP contribution < -0.4 is 14.8 Å². The van der Waals surface area contributed by atoms with Gasteiger partial charge in [0.2, 0.25) is 0 Å². The largest absolute Gasteiger partial charge is 0.493 e. The van der Waals surface area contributed by atoms with Crippen molar-refractivity contribution >= 4 is 28.5 Å². The second kappa shape index (κ2) is 10.2. The van der Waals surface area contributed by atoms with Crippen molar-refractivity contribution in [3.8, 4) is 11.5 Å². The molecule has 7 heteroatoms. The maximum Gasteiger partial charge on any atom is 0.252 e. The number of halogens is 1. The van der Waals surface area contributed by atoms with Crippen molar-refractivity contribution in [2.24, 2.45) is 0 Å². The van der Waals surface area contributed by atoms with Crippen molar-refractivity contribution in [1.29, 1.82) is 0 Å². The van der Waals surface area contributed by atoms with Gasteiger partial charge in [0.1, 0.15) is 0 Å². The minimum atomic E-state index is -0.0649. The predicted octanol–water partition coefficient (Wildman–Crippen LogP) is 2.07. The van der Waals surface area contributed by atoms with Crippen LogP contribution in [0.1, 0.15) is 23.2 Å². The van der Waals surface area contributed by atoms with Gasteiger partial charge in [-0.15, -0.1) is 0 Å². The summed E-state index contributed by atoms with van der Waals surface area (Å²) in [5.41, 5.74) is 0.623. The Morgan fingerprint density at radius 1 is 1.12 bits per heavy atom. The number of nitrogens with one attached hydrogen (secondary N) is 1. The highest BCUT2D eigenvalue weighted by Gasteiger charge is 2.16. The van der Waals surface area contributed by atoms with E-state index in [1.807, 2.05) is 6.07 Å². The Kier molecular flexibility index (Phi) is 8.25. The third kappa shape index (κ3) is 6.00. The molecular formula is C18H28IN3O3. The van der Waals surface area contributed by atoms with Gasteiger partial charge in [0.25, 0.3) is 5.91 Å². The van der Waals surface area contributed by atoms with E-state index < -0.39 is 0 Å². The summed E-state index contributed by atoms with van der Waals surface area (Å²) in [5.74, 6) is 1.14. The third-order valence-electron chi connectivity index (χ3n) is 4.50. The van der Waals surface area contributed by atoms with Crippen LogP contribution in [0.5, 0.6) is 11.5 Å². The van der Waals surface area contributed by atoms with E-state index in [0.29, 0.717) is 23.6 Å². The molecule has 0 aliphatic carbocycles. The van der Waals surface area contributed by atoms with Gasteiger partial charge in [-0.05, 0) is 61.2 Å². The average molecular weight is 461 g/mol.